The average Bonchev–Trinajstić information content (AvgIpc) is 3.42. The van der Waals surface area contributed by atoms with Crippen LogP contribution in [0.5, 0.6) is 0 Å². The molecule has 0 spiro atoms. The number of aryl methyl sites for hydroxylation is 1. The van der Waals surface area contributed by atoms with Crippen LogP contribution < -0.4 is 0 Å². The molecule has 0 amide bonds. The van der Waals surface area contributed by atoms with Crippen molar-refractivity contribution in [3.05, 3.63) is 161 Å². The molecule has 0 aliphatic heterocycles. The molecule has 0 fully saturated rings. The van der Waals surface area contributed by atoms with Gasteiger partial charge in [0.2, 0.25) is 0 Å². The molecule has 6 aromatic rings. The summed E-state index contributed by atoms with van der Waals surface area (Å²) in [5, 5.41) is 3.09. The van der Waals surface area contributed by atoms with Crippen LogP contribution >= 0.6 is 11.6 Å². The second kappa shape index (κ2) is 12.1. The first-order valence-electron chi connectivity index (χ1n) is 15.5. The number of para-hydroxylation sites is 2. The molecule has 1 aliphatic carbocycles. The van der Waals surface area contributed by atoms with Crippen LogP contribution in [-0.2, 0) is 0 Å². The first-order chi connectivity index (χ1) is 22.5. The van der Waals surface area contributed by atoms with E-state index in [2.05, 4.69) is 138 Å². The van der Waals surface area contributed by atoms with Crippen molar-refractivity contribution in [1.29, 1.82) is 0 Å². The van der Waals surface area contributed by atoms with Gasteiger partial charge in [0.1, 0.15) is 5.69 Å². The number of fused-ring (bicyclic) bond motifs is 2. The summed E-state index contributed by atoms with van der Waals surface area (Å²) in [4.78, 5) is 0. The number of terminal acetylenes is 1. The quantitative estimate of drug-likeness (QED) is 0.166. The zero-order valence-corrected chi connectivity index (χ0v) is 26.7. The van der Waals surface area contributed by atoms with E-state index in [0.717, 1.165) is 78.5 Å². The summed E-state index contributed by atoms with van der Waals surface area (Å²) in [5.41, 5.74) is 13.2. The summed E-state index contributed by atoms with van der Waals surface area (Å²) < 4.78 is 4.55. The van der Waals surface area contributed by atoms with Crippen LogP contribution in [-0.4, -0.2) is 9.13 Å². The van der Waals surface area contributed by atoms with E-state index in [4.69, 9.17) is 18.0 Å². The Morgan fingerprint density at radius 1 is 0.826 bits per heavy atom. The minimum atomic E-state index is 0.717. The Morgan fingerprint density at radius 2 is 1.52 bits per heavy atom. The van der Waals surface area contributed by atoms with Gasteiger partial charge in [0.25, 0.3) is 0 Å². The van der Waals surface area contributed by atoms with Crippen LogP contribution in [0.4, 0.5) is 0 Å². The summed E-state index contributed by atoms with van der Waals surface area (Å²) in [7, 11) is 0. The van der Waals surface area contributed by atoms with Crippen LogP contribution in [0.2, 0.25) is 5.02 Å². The Balaban J connectivity index is 1.43. The molecule has 2 heterocycles. The van der Waals surface area contributed by atoms with Gasteiger partial charge < -0.3 is 9.13 Å². The van der Waals surface area contributed by atoms with Gasteiger partial charge in [-0.05, 0) is 96.3 Å². The highest BCUT2D eigenvalue weighted by Gasteiger charge is 2.18. The molecule has 0 radical (unpaired) electrons. The van der Waals surface area contributed by atoms with Crippen LogP contribution in [0, 0.1) is 19.3 Å². The molecule has 2 nitrogen and oxygen atoms in total. The number of halogens is 1. The van der Waals surface area contributed by atoms with Crippen molar-refractivity contribution in [1.82, 2.24) is 9.13 Å². The van der Waals surface area contributed by atoms with Gasteiger partial charge in [-0.1, -0.05) is 103 Å². The second-order valence-electron chi connectivity index (χ2n) is 11.5. The van der Waals surface area contributed by atoms with Crippen molar-refractivity contribution in [3.8, 4) is 29.2 Å². The lowest BCUT2D eigenvalue weighted by atomic mass is 9.97. The molecule has 0 saturated carbocycles. The van der Waals surface area contributed by atoms with E-state index >= 15 is 0 Å². The molecule has 0 bridgehead atoms. The van der Waals surface area contributed by atoms with Gasteiger partial charge in [-0.25, -0.2) is 0 Å². The van der Waals surface area contributed by atoms with E-state index in [9.17, 15) is 0 Å². The molecule has 1 aliphatic rings. The van der Waals surface area contributed by atoms with Gasteiger partial charge >= 0.3 is 0 Å². The summed E-state index contributed by atoms with van der Waals surface area (Å²) in [6, 6.07) is 31.8. The minimum absolute atomic E-state index is 0.717. The van der Waals surface area contributed by atoms with Gasteiger partial charge in [-0.2, -0.15) is 0 Å². The summed E-state index contributed by atoms with van der Waals surface area (Å²) in [6.07, 6.45) is 21.9. The SMILES string of the molecule is C#Cc1c(/C=C\C)c2ccccc2n1C1=CC=C(c2cc(-c3ccc(Cl)cc3)cc(-n3c(C=C)c(C)c4ccccc43)c2)C=CC1. The van der Waals surface area contributed by atoms with E-state index in [1.807, 2.05) is 31.2 Å². The third kappa shape index (κ3) is 4.96. The number of benzene rings is 4. The smallest absolute Gasteiger partial charge is 0.104 e. The van der Waals surface area contributed by atoms with Gasteiger partial charge in [0.15, 0.2) is 0 Å². The lowest BCUT2D eigenvalue weighted by Gasteiger charge is -2.15. The Bertz CT molecular complexity index is 2320. The number of hydrogen-bond donors (Lipinski definition) is 0. The third-order valence-electron chi connectivity index (χ3n) is 8.81. The number of nitrogens with zero attached hydrogens (tertiary/aromatic N) is 2. The fourth-order valence-electron chi connectivity index (χ4n) is 6.68. The molecule has 46 heavy (non-hydrogen) atoms. The van der Waals surface area contributed by atoms with Gasteiger partial charge in [0.05, 0.1) is 11.0 Å². The highest BCUT2D eigenvalue weighted by atomic mass is 35.5. The monoisotopic (exact) mass is 612 g/mol. The highest BCUT2D eigenvalue weighted by Crippen LogP contribution is 2.36. The second-order valence-corrected chi connectivity index (χ2v) is 11.9. The molecule has 0 saturated heterocycles. The van der Waals surface area contributed by atoms with E-state index in [1.165, 1.54) is 10.9 Å². The van der Waals surface area contributed by atoms with E-state index in [-0.39, 0.29) is 0 Å². The number of hydrogen-bond acceptors (Lipinski definition) is 0. The van der Waals surface area contributed by atoms with Crippen molar-refractivity contribution < 1.29 is 0 Å². The topological polar surface area (TPSA) is 9.86 Å². The molecule has 3 heteroatoms. The van der Waals surface area contributed by atoms with Gasteiger partial charge in [-0.3, -0.25) is 0 Å². The molecular weight excluding hydrogens is 580 g/mol. The maximum atomic E-state index is 6.29. The van der Waals surface area contributed by atoms with Crippen molar-refractivity contribution in [2.45, 2.75) is 20.3 Å². The molecule has 0 atom stereocenters. The maximum absolute atomic E-state index is 6.29. The summed E-state index contributed by atoms with van der Waals surface area (Å²) in [6.45, 7) is 8.38. The Hall–Kier alpha value is -5.49. The molecule has 0 unspecified atom stereocenters. The Labute approximate surface area is 275 Å². The number of rotatable bonds is 6. The van der Waals surface area contributed by atoms with Gasteiger partial charge in [-0.15, -0.1) is 6.42 Å². The first-order valence-corrected chi connectivity index (χ1v) is 15.8. The van der Waals surface area contributed by atoms with Crippen LogP contribution in [0.25, 0.3) is 62.0 Å². The first kappa shape index (κ1) is 29.2. The van der Waals surface area contributed by atoms with Crippen LogP contribution in [0.15, 0.2) is 128 Å². The van der Waals surface area contributed by atoms with E-state index in [0.29, 0.717) is 0 Å². The fourth-order valence-corrected chi connectivity index (χ4v) is 6.80. The summed E-state index contributed by atoms with van der Waals surface area (Å²) >= 11 is 6.29. The molecule has 0 N–H and O–H groups in total. The molecule has 2 aromatic heterocycles. The molecule has 4 aromatic carbocycles. The minimum Gasteiger partial charge on any atom is -0.310 e. The maximum Gasteiger partial charge on any atom is 0.104 e. The lowest BCUT2D eigenvalue weighted by molar-refractivity contribution is 1.08. The van der Waals surface area contributed by atoms with Gasteiger partial charge in [0, 0.05) is 44.9 Å². The van der Waals surface area contributed by atoms with E-state index < -0.39 is 0 Å². The van der Waals surface area contributed by atoms with Crippen molar-refractivity contribution in [3.63, 3.8) is 0 Å². The van der Waals surface area contributed by atoms with Crippen molar-refractivity contribution >= 4 is 56.8 Å². The molecule has 7 rings (SSSR count). The predicted octanol–water partition coefficient (Wildman–Crippen LogP) is 11.8. The largest absolute Gasteiger partial charge is 0.310 e. The third-order valence-corrected chi connectivity index (χ3v) is 9.06. The number of aromatic nitrogens is 2. The molecule has 222 valence electrons. The van der Waals surface area contributed by atoms with Crippen molar-refractivity contribution in [2.24, 2.45) is 0 Å². The van der Waals surface area contributed by atoms with Crippen LogP contribution in [0.1, 0.15) is 41.4 Å². The van der Waals surface area contributed by atoms with E-state index in [1.54, 1.807) is 0 Å². The normalized spacial score (nSPS) is 13.2. The zero-order valence-electron chi connectivity index (χ0n) is 26.0. The Morgan fingerprint density at radius 3 is 2.24 bits per heavy atom. The van der Waals surface area contributed by atoms with Crippen LogP contribution in [0.3, 0.4) is 0 Å². The van der Waals surface area contributed by atoms with Crippen molar-refractivity contribution in [2.75, 3.05) is 0 Å². The standard InChI is InChI=1S/C43H33ClN2/c1-5-13-38-39-17-9-11-19-43(39)45(41(38)7-3)35-15-12-14-30(22-25-35)32-26-33(31-20-23-34(44)24-21-31)28-36(27-32)46-40(6-2)29(4)37-16-8-10-18-42(37)46/h3,5-6,8-14,16-28H,2,15H2,1,4H3/b13-5-. The average molecular weight is 613 g/mol. The highest BCUT2D eigenvalue weighted by molar-refractivity contribution is 6.30. The summed E-state index contributed by atoms with van der Waals surface area (Å²) in [5.74, 6) is 2.99. The zero-order chi connectivity index (χ0) is 31.8. The predicted molar refractivity (Wildman–Crippen MR) is 199 cm³/mol. The molecular formula is C43H33ClN2. The fraction of sp³-hybridized carbons (Fsp3) is 0.0698. The Kier molecular flexibility index (Phi) is 7.71. The number of allylic oxidation sites excluding steroid dienone is 7. The lowest BCUT2D eigenvalue weighted by Crippen LogP contribution is -1.99.